The number of ether oxygens (including phenoxy) is 3. The average molecular weight is 683 g/mol. The third-order valence-corrected chi connectivity index (χ3v) is 10.2. The monoisotopic (exact) mass is 682 g/mol. The summed E-state index contributed by atoms with van der Waals surface area (Å²) in [6.07, 6.45) is 5.05. The number of hydrogen-bond acceptors (Lipinski definition) is 10. The number of thiophene rings is 1. The number of piperazine rings is 1. The first-order valence-corrected chi connectivity index (χ1v) is 17.5. The molecule has 0 saturated carbocycles. The Morgan fingerprint density at radius 2 is 1.65 bits per heavy atom. The van der Waals surface area contributed by atoms with Crippen LogP contribution < -0.4 is 14.4 Å². The van der Waals surface area contributed by atoms with Gasteiger partial charge in [-0.2, -0.15) is 5.10 Å². The minimum absolute atomic E-state index is 0.000783. The molecule has 5 aromatic rings. The van der Waals surface area contributed by atoms with Crippen LogP contribution in [0.4, 0.5) is 10.2 Å². The van der Waals surface area contributed by atoms with Crippen LogP contribution in [0, 0.1) is 5.82 Å². The zero-order chi connectivity index (χ0) is 33.6. The molecule has 0 aliphatic carbocycles. The molecule has 5 heterocycles. The molecule has 3 aromatic heterocycles. The Labute approximate surface area is 289 Å². The molecule has 2 aliphatic rings. The van der Waals surface area contributed by atoms with Gasteiger partial charge in [-0.05, 0) is 66.1 Å². The van der Waals surface area contributed by atoms with Crippen LogP contribution in [0.2, 0.25) is 0 Å². The standard InChI is InChI=1S/C37H39FN6O4S/c1-46-32-24-29-30(25-33(32)48-20-2-13-42-18-21-47-22-19-42)36(41-40-31(29)23-26-9-11-39-12-10-26)43-14-16-44(17-15-43)37(45)35-8-7-34(49-35)27-3-5-28(38)6-4-27/h3-12,24-25H,2,13-23H2,1H3. The molecule has 0 bridgehead atoms. The van der Waals surface area contributed by atoms with Crippen molar-refractivity contribution in [1.29, 1.82) is 0 Å². The molecule has 0 radical (unpaired) electrons. The first-order valence-electron chi connectivity index (χ1n) is 16.6. The number of morpholine rings is 1. The van der Waals surface area contributed by atoms with E-state index in [2.05, 4.69) is 14.8 Å². The van der Waals surface area contributed by atoms with Gasteiger partial charge in [-0.3, -0.25) is 14.7 Å². The van der Waals surface area contributed by atoms with E-state index < -0.39 is 0 Å². The van der Waals surface area contributed by atoms with Crippen molar-refractivity contribution in [2.75, 3.05) is 77.6 Å². The smallest absolute Gasteiger partial charge is 0.264 e. The maximum absolute atomic E-state index is 13.5. The number of carbonyl (C=O) groups is 1. The van der Waals surface area contributed by atoms with E-state index in [1.807, 2.05) is 41.3 Å². The molecule has 254 valence electrons. The maximum Gasteiger partial charge on any atom is 0.264 e. The molecule has 2 saturated heterocycles. The summed E-state index contributed by atoms with van der Waals surface area (Å²) in [6, 6.07) is 18.1. The molecule has 2 fully saturated rings. The number of carbonyl (C=O) groups excluding carboxylic acids is 1. The largest absolute Gasteiger partial charge is 0.493 e. The van der Waals surface area contributed by atoms with Gasteiger partial charge in [-0.1, -0.05) is 12.1 Å². The topological polar surface area (TPSA) is 93.2 Å². The van der Waals surface area contributed by atoms with E-state index in [4.69, 9.17) is 24.4 Å². The van der Waals surface area contributed by atoms with Crippen LogP contribution in [0.1, 0.15) is 27.3 Å². The number of amides is 1. The number of methoxy groups -OCH3 is 1. The summed E-state index contributed by atoms with van der Waals surface area (Å²) in [5.41, 5.74) is 2.82. The van der Waals surface area contributed by atoms with Gasteiger partial charge in [-0.25, -0.2) is 4.39 Å². The van der Waals surface area contributed by atoms with Gasteiger partial charge in [0, 0.05) is 80.3 Å². The quantitative estimate of drug-likeness (QED) is 0.166. The zero-order valence-electron chi connectivity index (χ0n) is 27.5. The van der Waals surface area contributed by atoms with Gasteiger partial charge < -0.3 is 24.0 Å². The zero-order valence-corrected chi connectivity index (χ0v) is 28.3. The molecule has 0 spiro atoms. The lowest BCUT2D eigenvalue weighted by molar-refractivity contribution is 0.0357. The molecule has 0 unspecified atom stereocenters. The highest BCUT2D eigenvalue weighted by Crippen LogP contribution is 2.38. The van der Waals surface area contributed by atoms with E-state index in [9.17, 15) is 9.18 Å². The van der Waals surface area contributed by atoms with E-state index in [1.165, 1.54) is 23.5 Å². The summed E-state index contributed by atoms with van der Waals surface area (Å²) >= 11 is 1.43. The van der Waals surface area contributed by atoms with Crippen LogP contribution in [-0.2, 0) is 11.2 Å². The number of anilines is 1. The predicted molar refractivity (Wildman–Crippen MR) is 188 cm³/mol. The van der Waals surface area contributed by atoms with Gasteiger partial charge in [0.1, 0.15) is 5.82 Å². The Balaban J connectivity index is 1.10. The number of fused-ring (bicyclic) bond motifs is 1. The molecule has 49 heavy (non-hydrogen) atoms. The predicted octanol–water partition coefficient (Wildman–Crippen LogP) is 5.56. The Morgan fingerprint density at radius 3 is 2.41 bits per heavy atom. The fraction of sp³-hybridized carbons (Fsp3) is 0.351. The SMILES string of the molecule is COc1cc2c(Cc3ccncc3)nnc(N3CCN(C(=O)c4ccc(-c5ccc(F)cc5)s4)CC3)c2cc1OCCCN1CCOCC1. The molecule has 2 aromatic carbocycles. The number of benzene rings is 2. The highest BCUT2D eigenvalue weighted by Gasteiger charge is 2.27. The first kappa shape index (κ1) is 32.9. The summed E-state index contributed by atoms with van der Waals surface area (Å²) in [5.74, 6) is 1.80. The van der Waals surface area contributed by atoms with Crippen molar-refractivity contribution in [2.45, 2.75) is 12.8 Å². The van der Waals surface area contributed by atoms with E-state index in [1.54, 1.807) is 31.6 Å². The van der Waals surface area contributed by atoms with Crippen LogP contribution in [0.5, 0.6) is 11.5 Å². The molecule has 10 nitrogen and oxygen atoms in total. The van der Waals surface area contributed by atoms with Crippen LogP contribution in [0.15, 0.2) is 73.1 Å². The lowest BCUT2D eigenvalue weighted by atomic mass is 10.0. The highest BCUT2D eigenvalue weighted by atomic mass is 32.1. The van der Waals surface area contributed by atoms with Crippen molar-refractivity contribution in [3.8, 4) is 21.9 Å². The lowest BCUT2D eigenvalue weighted by Gasteiger charge is -2.35. The second-order valence-corrected chi connectivity index (χ2v) is 13.2. The second kappa shape index (κ2) is 15.3. The van der Waals surface area contributed by atoms with E-state index in [-0.39, 0.29) is 11.7 Å². The molecule has 2 aliphatic heterocycles. The van der Waals surface area contributed by atoms with Gasteiger partial charge in [0.05, 0.1) is 37.5 Å². The van der Waals surface area contributed by atoms with E-state index in [0.29, 0.717) is 55.6 Å². The number of rotatable bonds is 11. The first-order chi connectivity index (χ1) is 24.1. The Morgan fingerprint density at radius 1 is 0.898 bits per heavy atom. The number of nitrogens with zero attached hydrogens (tertiary/aromatic N) is 6. The lowest BCUT2D eigenvalue weighted by Crippen LogP contribution is -2.49. The summed E-state index contributed by atoms with van der Waals surface area (Å²) in [5, 5.41) is 11.4. The minimum atomic E-state index is -0.280. The number of aromatic nitrogens is 3. The molecule has 12 heteroatoms. The average Bonchev–Trinajstić information content (AvgIpc) is 3.65. The van der Waals surface area contributed by atoms with Crippen molar-refractivity contribution in [1.82, 2.24) is 25.0 Å². The number of pyridine rings is 1. The maximum atomic E-state index is 13.5. The summed E-state index contributed by atoms with van der Waals surface area (Å²) in [7, 11) is 1.66. The Kier molecular flexibility index (Phi) is 10.2. The molecule has 0 atom stereocenters. The number of hydrogen-bond donors (Lipinski definition) is 0. The molecule has 7 rings (SSSR count). The second-order valence-electron chi connectivity index (χ2n) is 12.2. The van der Waals surface area contributed by atoms with Crippen molar-refractivity contribution in [2.24, 2.45) is 0 Å². The normalized spacial score (nSPS) is 15.5. The highest BCUT2D eigenvalue weighted by molar-refractivity contribution is 7.17. The van der Waals surface area contributed by atoms with Crippen molar-refractivity contribution in [3.05, 3.63) is 95.0 Å². The van der Waals surface area contributed by atoms with Crippen molar-refractivity contribution in [3.63, 3.8) is 0 Å². The van der Waals surface area contributed by atoms with Crippen molar-refractivity contribution >= 4 is 33.8 Å². The Bertz CT molecular complexity index is 1880. The molecule has 1 amide bonds. The van der Waals surface area contributed by atoms with Gasteiger partial charge >= 0.3 is 0 Å². The van der Waals surface area contributed by atoms with Crippen molar-refractivity contribution < 1.29 is 23.4 Å². The van der Waals surface area contributed by atoms with Gasteiger partial charge in [-0.15, -0.1) is 16.4 Å². The molecular formula is C37H39FN6O4S. The summed E-state index contributed by atoms with van der Waals surface area (Å²) in [4.78, 5) is 25.7. The van der Waals surface area contributed by atoms with Gasteiger partial charge in [0.15, 0.2) is 17.3 Å². The Hall–Kier alpha value is -4.65. The van der Waals surface area contributed by atoms with Gasteiger partial charge in [0.2, 0.25) is 0 Å². The van der Waals surface area contributed by atoms with Gasteiger partial charge in [0.25, 0.3) is 5.91 Å². The molecule has 0 N–H and O–H groups in total. The number of halogens is 1. The van der Waals surface area contributed by atoms with E-state index >= 15 is 0 Å². The van der Waals surface area contributed by atoms with Crippen LogP contribution >= 0.6 is 11.3 Å². The third-order valence-electron chi connectivity index (χ3n) is 9.03. The summed E-state index contributed by atoms with van der Waals surface area (Å²) in [6.45, 7) is 7.28. The minimum Gasteiger partial charge on any atom is -0.493 e. The fourth-order valence-electron chi connectivity index (χ4n) is 6.32. The van der Waals surface area contributed by atoms with Crippen LogP contribution in [-0.4, -0.2) is 104 Å². The molecular weight excluding hydrogens is 644 g/mol. The van der Waals surface area contributed by atoms with Crippen LogP contribution in [0.3, 0.4) is 0 Å². The van der Waals surface area contributed by atoms with Crippen LogP contribution in [0.25, 0.3) is 21.2 Å². The summed E-state index contributed by atoms with van der Waals surface area (Å²) < 4.78 is 31.1. The third kappa shape index (κ3) is 7.66. The fourth-order valence-corrected chi connectivity index (χ4v) is 7.30. The van der Waals surface area contributed by atoms with E-state index in [0.717, 1.165) is 77.6 Å².